The zero-order valence-electron chi connectivity index (χ0n) is 4.61. The summed E-state index contributed by atoms with van der Waals surface area (Å²) >= 11 is 4.93. The molecule has 0 aromatic rings. The van der Waals surface area contributed by atoms with Gasteiger partial charge < -0.3 is 0 Å². The third-order valence-electron chi connectivity index (χ3n) is 1.31. The summed E-state index contributed by atoms with van der Waals surface area (Å²) in [6, 6.07) is 0. The van der Waals surface area contributed by atoms with Gasteiger partial charge in [0.1, 0.15) is 0 Å². The second-order valence-electron chi connectivity index (χ2n) is 2.11. The van der Waals surface area contributed by atoms with E-state index < -0.39 is 0 Å². The maximum absolute atomic E-state index is 2.53. The molecule has 0 aromatic heterocycles. The fourth-order valence-electron chi connectivity index (χ4n) is 0.882. The third-order valence-corrected chi connectivity index (χ3v) is 3.21. The predicted octanol–water partition coefficient (Wildman–Crippen LogP) is 2.24. The number of halogens is 2. The molecule has 0 N–H and O–H groups in total. The highest BCUT2D eigenvalue weighted by atomic mass is 127. The van der Waals surface area contributed by atoms with Gasteiger partial charge in [0.2, 0.25) is 0 Å². The summed E-state index contributed by atoms with van der Waals surface area (Å²) in [5.74, 6) is 0. The van der Waals surface area contributed by atoms with Gasteiger partial charge in [0, 0.05) is 39.9 Å². The maximum atomic E-state index is 2.53. The molecule has 1 fully saturated rings. The lowest BCUT2D eigenvalue weighted by molar-refractivity contribution is 0.424. The SMILES string of the molecule is IC1CCCN(I)C1. The van der Waals surface area contributed by atoms with Crippen LogP contribution in [0.2, 0.25) is 0 Å². The van der Waals surface area contributed by atoms with Crippen LogP contribution in [0, 0.1) is 0 Å². The van der Waals surface area contributed by atoms with Crippen LogP contribution in [0.15, 0.2) is 0 Å². The highest BCUT2D eigenvalue weighted by Crippen LogP contribution is 2.19. The Balaban J connectivity index is 2.23. The second-order valence-corrected chi connectivity index (χ2v) is 5.23. The molecule has 0 amide bonds. The van der Waals surface area contributed by atoms with Gasteiger partial charge in [-0.15, -0.1) is 0 Å². The summed E-state index contributed by atoms with van der Waals surface area (Å²) in [7, 11) is 0. The minimum atomic E-state index is 0.901. The van der Waals surface area contributed by atoms with Crippen LogP contribution in [0.1, 0.15) is 12.8 Å². The highest BCUT2D eigenvalue weighted by Gasteiger charge is 2.13. The van der Waals surface area contributed by atoms with Crippen LogP contribution < -0.4 is 0 Å². The van der Waals surface area contributed by atoms with Crippen LogP contribution in [0.5, 0.6) is 0 Å². The van der Waals surface area contributed by atoms with Gasteiger partial charge in [-0.25, -0.2) is 3.11 Å². The van der Waals surface area contributed by atoms with E-state index in [0.29, 0.717) is 0 Å². The number of rotatable bonds is 0. The molecule has 0 bridgehead atoms. The Morgan fingerprint density at radius 3 is 2.62 bits per heavy atom. The molecule has 1 saturated heterocycles. The lowest BCUT2D eigenvalue weighted by Gasteiger charge is -2.23. The van der Waals surface area contributed by atoms with Crippen molar-refractivity contribution in [3.63, 3.8) is 0 Å². The molecule has 48 valence electrons. The van der Waals surface area contributed by atoms with E-state index >= 15 is 0 Å². The summed E-state index contributed by atoms with van der Waals surface area (Å²) in [6.07, 6.45) is 2.80. The van der Waals surface area contributed by atoms with E-state index in [2.05, 4.69) is 48.6 Å². The average Bonchev–Trinajstić information content (AvgIpc) is 1.64. The first-order chi connectivity index (χ1) is 3.79. The van der Waals surface area contributed by atoms with E-state index in [1.165, 1.54) is 25.9 Å². The Hall–Kier alpha value is 1.42. The van der Waals surface area contributed by atoms with Crippen molar-refractivity contribution >= 4 is 45.5 Å². The van der Waals surface area contributed by atoms with E-state index in [0.717, 1.165) is 3.92 Å². The molecule has 1 heterocycles. The fraction of sp³-hybridized carbons (Fsp3) is 1.00. The first kappa shape index (κ1) is 7.53. The van der Waals surface area contributed by atoms with Crippen LogP contribution in [0.4, 0.5) is 0 Å². The normalized spacial score (nSPS) is 33.0. The number of hydrogen-bond donors (Lipinski definition) is 0. The molecule has 0 aliphatic carbocycles. The maximum Gasteiger partial charge on any atom is 0.0246 e. The van der Waals surface area contributed by atoms with Crippen molar-refractivity contribution in [3.8, 4) is 0 Å². The Labute approximate surface area is 77.8 Å². The van der Waals surface area contributed by atoms with E-state index in [4.69, 9.17) is 0 Å². The number of nitrogens with zero attached hydrogens (tertiary/aromatic N) is 1. The van der Waals surface area contributed by atoms with Crippen molar-refractivity contribution in [2.45, 2.75) is 16.8 Å². The van der Waals surface area contributed by atoms with Gasteiger partial charge in [-0.3, -0.25) is 0 Å². The monoisotopic (exact) mass is 337 g/mol. The van der Waals surface area contributed by atoms with Crippen molar-refractivity contribution in [2.75, 3.05) is 13.1 Å². The van der Waals surface area contributed by atoms with Gasteiger partial charge in [0.15, 0.2) is 0 Å². The molecule has 1 aliphatic heterocycles. The Bertz CT molecular complexity index is 68.8. The molecule has 0 aromatic carbocycles. The summed E-state index contributed by atoms with van der Waals surface area (Å²) in [6.45, 7) is 2.57. The summed E-state index contributed by atoms with van der Waals surface area (Å²) in [4.78, 5) is 0. The average molecular weight is 337 g/mol. The Kier molecular flexibility index (Phi) is 3.34. The summed E-state index contributed by atoms with van der Waals surface area (Å²) in [5, 5.41) is 0. The van der Waals surface area contributed by atoms with Crippen LogP contribution in [-0.4, -0.2) is 20.1 Å². The molecule has 0 spiro atoms. The molecule has 1 atom stereocenters. The van der Waals surface area contributed by atoms with E-state index in [-0.39, 0.29) is 0 Å². The standard InChI is InChI=1S/C5H9I2N/c6-5-2-1-3-8(7)4-5/h5H,1-4H2. The van der Waals surface area contributed by atoms with E-state index in [1.54, 1.807) is 0 Å². The zero-order chi connectivity index (χ0) is 5.98. The summed E-state index contributed by atoms with van der Waals surface area (Å²) < 4.78 is 3.27. The minimum Gasteiger partial charge on any atom is -0.247 e. The van der Waals surface area contributed by atoms with E-state index in [1.807, 2.05) is 0 Å². The van der Waals surface area contributed by atoms with Gasteiger partial charge in [0.25, 0.3) is 0 Å². The number of piperidine rings is 1. The lowest BCUT2D eigenvalue weighted by Crippen LogP contribution is -2.27. The molecule has 0 radical (unpaired) electrons. The summed E-state index contributed by atoms with van der Waals surface area (Å²) in [5.41, 5.74) is 0. The van der Waals surface area contributed by atoms with Crippen molar-refractivity contribution in [2.24, 2.45) is 0 Å². The molecule has 1 unspecified atom stereocenters. The fourth-order valence-corrected chi connectivity index (χ4v) is 3.37. The molecule has 1 rings (SSSR count). The van der Waals surface area contributed by atoms with Crippen molar-refractivity contribution in [3.05, 3.63) is 0 Å². The van der Waals surface area contributed by atoms with Gasteiger partial charge in [-0.2, -0.15) is 0 Å². The van der Waals surface area contributed by atoms with Crippen molar-refractivity contribution < 1.29 is 0 Å². The van der Waals surface area contributed by atoms with Gasteiger partial charge in [0.05, 0.1) is 0 Å². The largest absolute Gasteiger partial charge is 0.247 e. The predicted molar refractivity (Wildman–Crippen MR) is 52.6 cm³/mol. The molecule has 1 aliphatic rings. The van der Waals surface area contributed by atoms with Crippen LogP contribution in [0.3, 0.4) is 0 Å². The number of hydrogen-bond acceptors (Lipinski definition) is 1. The van der Waals surface area contributed by atoms with E-state index in [9.17, 15) is 0 Å². The van der Waals surface area contributed by atoms with Crippen LogP contribution in [0.25, 0.3) is 0 Å². The third kappa shape index (κ3) is 2.34. The highest BCUT2D eigenvalue weighted by molar-refractivity contribution is 14.1. The molecular weight excluding hydrogens is 328 g/mol. The quantitative estimate of drug-likeness (QED) is 0.372. The van der Waals surface area contributed by atoms with Gasteiger partial charge in [-0.1, -0.05) is 22.6 Å². The topological polar surface area (TPSA) is 3.24 Å². The van der Waals surface area contributed by atoms with Crippen LogP contribution in [-0.2, 0) is 0 Å². The second kappa shape index (κ2) is 3.55. The molecule has 1 nitrogen and oxygen atoms in total. The lowest BCUT2D eigenvalue weighted by atomic mass is 10.2. The molecule has 0 saturated carbocycles. The molecule has 3 heteroatoms. The first-order valence-corrected chi connectivity index (χ1v) is 5.05. The van der Waals surface area contributed by atoms with Crippen LogP contribution >= 0.6 is 45.5 Å². The van der Waals surface area contributed by atoms with Crippen molar-refractivity contribution in [1.29, 1.82) is 0 Å². The van der Waals surface area contributed by atoms with Gasteiger partial charge in [-0.05, 0) is 12.8 Å². The van der Waals surface area contributed by atoms with Gasteiger partial charge >= 0.3 is 0 Å². The molecule has 8 heavy (non-hydrogen) atoms. The zero-order valence-corrected chi connectivity index (χ0v) is 8.92. The molecular formula is C5H9I2N. The van der Waals surface area contributed by atoms with Crippen molar-refractivity contribution in [1.82, 2.24) is 3.11 Å². The minimum absolute atomic E-state index is 0.901. The Morgan fingerprint density at radius 2 is 2.25 bits per heavy atom. The smallest absolute Gasteiger partial charge is 0.0246 e. The number of alkyl halides is 1. The first-order valence-electron chi connectivity index (χ1n) is 2.84. The Morgan fingerprint density at radius 1 is 1.50 bits per heavy atom.